The maximum Gasteiger partial charge on any atom is 0.425 e. The monoisotopic (exact) mass is 507 g/mol. The maximum absolute atomic E-state index is 13.5. The third-order valence-electron chi connectivity index (χ3n) is 7.52. The number of amides is 1. The molecule has 3 saturated heterocycles. The number of hydrogen-bond acceptors (Lipinski definition) is 4. The Hall–Kier alpha value is -2.17. The fraction of sp³-hybridized carbons (Fsp3) is 0.708. The summed E-state index contributed by atoms with van der Waals surface area (Å²) in [5.74, 6) is 0. The van der Waals surface area contributed by atoms with Gasteiger partial charge >= 0.3 is 18.4 Å². The van der Waals surface area contributed by atoms with Gasteiger partial charge in [0.15, 0.2) is 6.10 Å². The summed E-state index contributed by atoms with van der Waals surface area (Å²) >= 11 is 0. The molecular formula is C24H31F6N3O2. The van der Waals surface area contributed by atoms with E-state index in [-0.39, 0.29) is 5.41 Å². The van der Waals surface area contributed by atoms with E-state index in [0.29, 0.717) is 50.3 Å². The highest BCUT2D eigenvalue weighted by molar-refractivity contribution is 5.68. The number of rotatable bonds is 4. The summed E-state index contributed by atoms with van der Waals surface area (Å²) in [5, 5.41) is 0. The molecular weight excluding hydrogens is 476 g/mol. The largest absolute Gasteiger partial charge is 0.437 e. The van der Waals surface area contributed by atoms with E-state index in [0.717, 1.165) is 45.8 Å². The molecule has 3 aliphatic heterocycles. The predicted octanol–water partition coefficient (Wildman–Crippen LogP) is 5.68. The van der Waals surface area contributed by atoms with Gasteiger partial charge in [0.25, 0.3) is 0 Å². The summed E-state index contributed by atoms with van der Waals surface area (Å²) in [6, 6.07) is 4.31. The zero-order valence-electron chi connectivity index (χ0n) is 19.7. The minimum Gasteiger partial charge on any atom is -0.437 e. The summed E-state index contributed by atoms with van der Waals surface area (Å²) < 4.78 is 83.2. The van der Waals surface area contributed by atoms with Crippen molar-refractivity contribution in [2.24, 2.45) is 5.41 Å². The van der Waals surface area contributed by atoms with Crippen LogP contribution in [-0.2, 0) is 17.5 Å². The van der Waals surface area contributed by atoms with Gasteiger partial charge in [0.05, 0.1) is 5.56 Å². The lowest BCUT2D eigenvalue weighted by atomic mass is 9.78. The molecule has 0 aliphatic carbocycles. The Morgan fingerprint density at radius 1 is 0.971 bits per heavy atom. The molecule has 0 N–H and O–H groups in total. The number of carbonyl (C=O) groups excluding carboxylic acids is 1. The first-order valence-corrected chi connectivity index (χ1v) is 12.1. The molecule has 196 valence electrons. The molecule has 1 spiro atoms. The Morgan fingerprint density at radius 2 is 1.60 bits per heavy atom. The van der Waals surface area contributed by atoms with E-state index in [1.54, 1.807) is 0 Å². The molecule has 3 fully saturated rings. The quantitative estimate of drug-likeness (QED) is 0.492. The molecule has 35 heavy (non-hydrogen) atoms. The Bertz CT molecular complexity index is 906. The SMILES string of the molecule is CC(OC(=O)N1CCC2(CCN(Cc3cc(N4CCCC4)cc(C(F)(F)F)c3)C2)CC1)C(F)(F)F. The standard InChI is InChI=1S/C24H31F6N3O2/c1-17(23(25,26)27)35-21(34)33-10-5-22(6-11-33)4-9-31(16-22)15-18-12-19(24(28,29)30)14-20(13-18)32-7-2-3-8-32/h12-14,17H,2-11,15-16H2,1H3. The number of anilines is 1. The van der Waals surface area contributed by atoms with Crippen LogP contribution in [0, 0.1) is 5.41 Å². The lowest BCUT2D eigenvalue weighted by Crippen LogP contribution is -2.46. The van der Waals surface area contributed by atoms with E-state index in [9.17, 15) is 31.1 Å². The third-order valence-corrected chi connectivity index (χ3v) is 7.52. The van der Waals surface area contributed by atoms with E-state index >= 15 is 0 Å². The van der Waals surface area contributed by atoms with E-state index in [2.05, 4.69) is 9.64 Å². The van der Waals surface area contributed by atoms with E-state index in [4.69, 9.17) is 0 Å². The number of benzene rings is 1. The van der Waals surface area contributed by atoms with Crippen LogP contribution in [0.3, 0.4) is 0 Å². The first kappa shape index (κ1) is 25.9. The van der Waals surface area contributed by atoms with Crippen molar-refractivity contribution in [3.63, 3.8) is 0 Å². The molecule has 3 aliphatic rings. The predicted molar refractivity (Wildman–Crippen MR) is 118 cm³/mol. The summed E-state index contributed by atoms with van der Waals surface area (Å²) in [4.78, 5) is 17.6. The van der Waals surface area contributed by atoms with Crippen molar-refractivity contribution in [2.45, 2.75) is 64.0 Å². The van der Waals surface area contributed by atoms with Crippen molar-refractivity contribution in [2.75, 3.05) is 44.2 Å². The van der Waals surface area contributed by atoms with Crippen molar-refractivity contribution in [3.8, 4) is 0 Å². The van der Waals surface area contributed by atoms with Gasteiger partial charge < -0.3 is 14.5 Å². The number of nitrogens with zero attached hydrogens (tertiary/aromatic N) is 3. The smallest absolute Gasteiger partial charge is 0.425 e. The van der Waals surface area contributed by atoms with Crippen molar-refractivity contribution < 1.29 is 35.9 Å². The maximum atomic E-state index is 13.5. The number of carbonyl (C=O) groups is 1. The summed E-state index contributed by atoms with van der Waals surface area (Å²) in [5.41, 5.74) is 0.513. The lowest BCUT2D eigenvalue weighted by Gasteiger charge is -2.39. The number of hydrogen-bond donors (Lipinski definition) is 0. The van der Waals surface area contributed by atoms with Crippen LogP contribution in [0.1, 0.15) is 50.2 Å². The molecule has 3 heterocycles. The van der Waals surface area contributed by atoms with Gasteiger partial charge in [0.1, 0.15) is 0 Å². The van der Waals surface area contributed by atoms with Crippen LogP contribution >= 0.6 is 0 Å². The van der Waals surface area contributed by atoms with Crippen molar-refractivity contribution in [1.29, 1.82) is 0 Å². The highest BCUT2D eigenvalue weighted by atomic mass is 19.4. The van der Waals surface area contributed by atoms with Crippen LogP contribution < -0.4 is 4.90 Å². The topological polar surface area (TPSA) is 36.0 Å². The van der Waals surface area contributed by atoms with Crippen LogP contribution in [-0.4, -0.2) is 67.4 Å². The van der Waals surface area contributed by atoms with Crippen LogP contribution in [0.4, 0.5) is 36.8 Å². The molecule has 11 heteroatoms. The minimum absolute atomic E-state index is 0.0914. The molecule has 1 amide bonds. The van der Waals surface area contributed by atoms with Crippen LogP contribution in [0.2, 0.25) is 0 Å². The molecule has 5 nitrogen and oxygen atoms in total. The minimum atomic E-state index is -4.60. The molecule has 1 aromatic rings. The van der Waals surface area contributed by atoms with Gasteiger partial charge in [-0.1, -0.05) is 0 Å². The Kier molecular flexibility index (Phi) is 7.19. The molecule has 1 atom stereocenters. The number of ether oxygens (including phenoxy) is 1. The van der Waals surface area contributed by atoms with E-state index in [1.807, 2.05) is 11.0 Å². The molecule has 0 radical (unpaired) electrons. The molecule has 1 aromatic carbocycles. The van der Waals surface area contributed by atoms with Crippen molar-refractivity contribution in [1.82, 2.24) is 9.80 Å². The molecule has 0 aromatic heterocycles. The van der Waals surface area contributed by atoms with Crippen LogP contribution in [0.25, 0.3) is 0 Å². The Labute approximate surface area is 201 Å². The van der Waals surface area contributed by atoms with E-state index in [1.165, 1.54) is 17.0 Å². The fourth-order valence-corrected chi connectivity index (χ4v) is 5.37. The zero-order chi connectivity index (χ0) is 25.4. The summed E-state index contributed by atoms with van der Waals surface area (Å²) in [7, 11) is 0. The highest BCUT2D eigenvalue weighted by Gasteiger charge is 2.44. The Morgan fingerprint density at radius 3 is 2.20 bits per heavy atom. The summed E-state index contributed by atoms with van der Waals surface area (Å²) in [6.07, 6.45) is -8.10. The van der Waals surface area contributed by atoms with Gasteiger partial charge in [-0.2, -0.15) is 26.3 Å². The second kappa shape index (κ2) is 9.71. The first-order chi connectivity index (χ1) is 16.3. The zero-order valence-corrected chi connectivity index (χ0v) is 19.7. The average molecular weight is 508 g/mol. The second-order valence-corrected chi connectivity index (χ2v) is 10.1. The van der Waals surface area contributed by atoms with Gasteiger partial charge in [-0.25, -0.2) is 4.79 Å². The lowest BCUT2D eigenvalue weighted by molar-refractivity contribution is -0.200. The van der Waals surface area contributed by atoms with Crippen molar-refractivity contribution >= 4 is 11.8 Å². The van der Waals surface area contributed by atoms with Crippen molar-refractivity contribution in [3.05, 3.63) is 29.3 Å². The summed E-state index contributed by atoms with van der Waals surface area (Å²) in [6.45, 7) is 4.75. The number of piperidine rings is 1. The van der Waals surface area contributed by atoms with Gasteiger partial charge in [-0.15, -0.1) is 0 Å². The number of likely N-dealkylation sites (tertiary alicyclic amines) is 2. The number of alkyl halides is 6. The first-order valence-electron chi connectivity index (χ1n) is 12.1. The van der Waals surface area contributed by atoms with Gasteiger partial charge in [0, 0.05) is 45.0 Å². The second-order valence-electron chi connectivity index (χ2n) is 10.1. The number of halogens is 6. The fourth-order valence-electron chi connectivity index (χ4n) is 5.37. The van der Waals surface area contributed by atoms with Gasteiger partial charge in [-0.3, -0.25) is 4.90 Å². The molecule has 1 unspecified atom stereocenters. The molecule has 0 bridgehead atoms. The Balaban J connectivity index is 1.36. The van der Waals surface area contributed by atoms with Gasteiger partial charge in [-0.05, 0) is 74.8 Å². The third kappa shape index (κ3) is 6.16. The molecule has 4 rings (SSSR count). The van der Waals surface area contributed by atoms with Gasteiger partial charge in [0.2, 0.25) is 0 Å². The average Bonchev–Trinajstić information content (AvgIpc) is 3.44. The highest BCUT2D eigenvalue weighted by Crippen LogP contribution is 2.42. The van der Waals surface area contributed by atoms with E-state index < -0.39 is 30.1 Å². The van der Waals surface area contributed by atoms with Crippen LogP contribution in [0.15, 0.2) is 18.2 Å². The van der Waals surface area contributed by atoms with Crippen LogP contribution in [0.5, 0.6) is 0 Å². The molecule has 0 saturated carbocycles. The normalized spacial score (nSPS) is 22.1.